The Kier molecular flexibility index (Phi) is 5.53. The maximum atomic E-state index is 12.9. The van der Waals surface area contributed by atoms with E-state index in [0.717, 1.165) is 23.2 Å². The van der Waals surface area contributed by atoms with E-state index >= 15 is 0 Å². The zero-order chi connectivity index (χ0) is 18.4. The summed E-state index contributed by atoms with van der Waals surface area (Å²) in [6.07, 6.45) is 0.734. The molecule has 0 aliphatic carbocycles. The summed E-state index contributed by atoms with van der Waals surface area (Å²) in [6, 6.07) is 17.3. The van der Waals surface area contributed by atoms with Gasteiger partial charge in [0.05, 0.1) is 0 Å². The van der Waals surface area contributed by atoms with Crippen molar-refractivity contribution in [1.82, 2.24) is 10.2 Å². The number of hydrogen-bond acceptors (Lipinski definition) is 4. The molecule has 0 aliphatic heterocycles. The van der Waals surface area contributed by atoms with E-state index in [1.807, 2.05) is 31.2 Å². The molecule has 0 atom stereocenters. The predicted molar refractivity (Wildman–Crippen MR) is 99.8 cm³/mol. The number of benzene rings is 2. The number of carbonyl (C=O) groups is 1. The molecule has 26 heavy (non-hydrogen) atoms. The van der Waals surface area contributed by atoms with Crippen molar-refractivity contribution >= 4 is 17.4 Å². The van der Waals surface area contributed by atoms with Gasteiger partial charge in [0, 0.05) is 12.2 Å². The van der Waals surface area contributed by atoms with Gasteiger partial charge in [0.1, 0.15) is 11.6 Å². The minimum absolute atomic E-state index is 0.243. The molecule has 1 heterocycles. The summed E-state index contributed by atoms with van der Waals surface area (Å²) in [5, 5.41) is 14.0. The first-order valence-corrected chi connectivity index (χ1v) is 8.31. The third-order valence-corrected chi connectivity index (χ3v) is 3.92. The molecular weight excluding hydrogens is 331 g/mol. The van der Waals surface area contributed by atoms with E-state index < -0.39 is 0 Å². The van der Waals surface area contributed by atoms with Crippen molar-refractivity contribution < 1.29 is 9.18 Å². The van der Waals surface area contributed by atoms with Gasteiger partial charge < -0.3 is 10.6 Å². The third-order valence-electron chi connectivity index (χ3n) is 3.92. The number of para-hydroxylation sites is 1. The van der Waals surface area contributed by atoms with Crippen molar-refractivity contribution in [2.75, 3.05) is 17.2 Å². The lowest BCUT2D eigenvalue weighted by molar-refractivity contribution is 0.102. The molecule has 1 amide bonds. The molecule has 0 spiro atoms. The second kappa shape index (κ2) is 8.20. The highest BCUT2D eigenvalue weighted by Crippen LogP contribution is 2.14. The molecule has 3 aromatic rings. The first-order chi connectivity index (χ1) is 12.6. The monoisotopic (exact) mass is 350 g/mol. The summed E-state index contributed by atoms with van der Waals surface area (Å²) >= 11 is 0. The van der Waals surface area contributed by atoms with Crippen LogP contribution in [0.1, 0.15) is 21.6 Å². The van der Waals surface area contributed by atoms with Crippen molar-refractivity contribution in [3.8, 4) is 0 Å². The van der Waals surface area contributed by atoms with Crippen LogP contribution in [-0.2, 0) is 6.42 Å². The van der Waals surface area contributed by atoms with Crippen LogP contribution in [0, 0.1) is 12.7 Å². The number of hydrogen-bond donors (Lipinski definition) is 2. The van der Waals surface area contributed by atoms with Crippen LogP contribution in [0.3, 0.4) is 0 Å². The molecule has 1 aromatic heterocycles. The van der Waals surface area contributed by atoms with Crippen LogP contribution in [0.5, 0.6) is 0 Å². The lowest BCUT2D eigenvalue weighted by Gasteiger charge is -2.08. The van der Waals surface area contributed by atoms with Crippen molar-refractivity contribution in [2.24, 2.45) is 0 Å². The molecule has 0 radical (unpaired) electrons. The number of amides is 1. The maximum absolute atomic E-state index is 12.9. The van der Waals surface area contributed by atoms with Crippen molar-refractivity contribution in [1.29, 1.82) is 0 Å². The third kappa shape index (κ3) is 4.63. The number of nitrogens with one attached hydrogen (secondary N) is 2. The number of anilines is 2. The van der Waals surface area contributed by atoms with E-state index in [0.29, 0.717) is 12.4 Å². The van der Waals surface area contributed by atoms with Gasteiger partial charge in [-0.3, -0.25) is 4.79 Å². The van der Waals surface area contributed by atoms with Gasteiger partial charge in [-0.05, 0) is 54.8 Å². The fourth-order valence-corrected chi connectivity index (χ4v) is 2.43. The zero-order valence-electron chi connectivity index (χ0n) is 14.4. The Labute approximate surface area is 151 Å². The number of carbonyl (C=O) groups excluding carboxylic acids is 1. The first-order valence-electron chi connectivity index (χ1n) is 8.31. The average molecular weight is 350 g/mol. The average Bonchev–Trinajstić information content (AvgIpc) is 2.66. The molecule has 0 saturated carbocycles. The van der Waals surface area contributed by atoms with Crippen LogP contribution < -0.4 is 10.6 Å². The number of nitrogens with zero attached hydrogens (tertiary/aromatic N) is 2. The van der Waals surface area contributed by atoms with E-state index in [9.17, 15) is 9.18 Å². The highest BCUT2D eigenvalue weighted by atomic mass is 19.1. The highest BCUT2D eigenvalue weighted by Gasteiger charge is 2.09. The molecule has 132 valence electrons. The molecule has 3 rings (SSSR count). The smallest absolute Gasteiger partial charge is 0.276 e. The minimum atomic E-state index is -0.301. The van der Waals surface area contributed by atoms with Gasteiger partial charge in [-0.25, -0.2) is 4.39 Å². The molecule has 2 N–H and O–H groups in total. The lowest BCUT2D eigenvalue weighted by Crippen LogP contribution is -2.15. The Hall–Kier alpha value is -3.28. The largest absolute Gasteiger partial charge is 0.368 e. The van der Waals surface area contributed by atoms with Crippen LogP contribution >= 0.6 is 0 Å². The van der Waals surface area contributed by atoms with Crippen LogP contribution in [0.25, 0.3) is 0 Å². The minimum Gasteiger partial charge on any atom is -0.368 e. The Morgan fingerprint density at radius 1 is 1.00 bits per heavy atom. The summed E-state index contributed by atoms with van der Waals surface area (Å²) in [7, 11) is 0. The van der Waals surface area contributed by atoms with Crippen LogP contribution in [0.4, 0.5) is 15.9 Å². The predicted octanol–water partition coefficient (Wildman–Crippen LogP) is 3.83. The molecule has 0 unspecified atom stereocenters. The van der Waals surface area contributed by atoms with Crippen molar-refractivity contribution in [3.05, 3.63) is 83.3 Å². The van der Waals surface area contributed by atoms with Gasteiger partial charge in [0.2, 0.25) is 0 Å². The van der Waals surface area contributed by atoms with Crippen LogP contribution in [-0.4, -0.2) is 22.6 Å². The molecule has 5 nitrogen and oxygen atoms in total. The number of halogens is 1. The number of aromatic nitrogens is 2. The summed E-state index contributed by atoms with van der Waals surface area (Å²) in [5.41, 5.74) is 3.01. The fraction of sp³-hybridized carbons (Fsp3) is 0.150. The normalized spacial score (nSPS) is 10.4. The summed E-state index contributed by atoms with van der Waals surface area (Å²) in [5.74, 6) is 0.0383. The second-order valence-corrected chi connectivity index (χ2v) is 5.88. The van der Waals surface area contributed by atoms with E-state index in [4.69, 9.17) is 0 Å². The van der Waals surface area contributed by atoms with Crippen molar-refractivity contribution in [3.63, 3.8) is 0 Å². The zero-order valence-corrected chi connectivity index (χ0v) is 14.4. The summed E-state index contributed by atoms with van der Waals surface area (Å²) < 4.78 is 12.9. The van der Waals surface area contributed by atoms with E-state index in [1.165, 1.54) is 12.1 Å². The van der Waals surface area contributed by atoms with E-state index in [-0.39, 0.29) is 17.4 Å². The molecule has 0 aliphatic rings. The first kappa shape index (κ1) is 17.5. The molecule has 0 bridgehead atoms. The number of rotatable bonds is 6. The molecule has 0 fully saturated rings. The second-order valence-electron chi connectivity index (χ2n) is 5.88. The van der Waals surface area contributed by atoms with Gasteiger partial charge in [-0.15, -0.1) is 10.2 Å². The standard InChI is InChI=1S/C20H19FN4O/c1-14-4-2-3-5-17(14)23-20(26)18-10-11-19(25-24-18)22-13-12-15-6-8-16(21)9-7-15/h2-11H,12-13H2,1H3,(H,22,25)(H,23,26). The number of aryl methyl sites for hydroxylation is 1. The quantitative estimate of drug-likeness (QED) is 0.709. The molecular formula is C20H19FN4O. The van der Waals surface area contributed by atoms with E-state index in [2.05, 4.69) is 20.8 Å². The van der Waals surface area contributed by atoms with Gasteiger partial charge in [0.15, 0.2) is 5.69 Å². The highest BCUT2D eigenvalue weighted by molar-refractivity contribution is 6.03. The Morgan fingerprint density at radius 2 is 1.77 bits per heavy atom. The van der Waals surface area contributed by atoms with Crippen molar-refractivity contribution in [2.45, 2.75) is 13.3 Å². The molecule has 0 saturated heterocycles. The summed E-state index contributed by atoms with van der Waals surface area (Å²) in [6.45, 7) is 2.56. The topological polar surface area (TPSA) is 66.9 Å². The van der Waals surface area contributed by atoms with Gasteiger partial charge in [0.25, 0.3) is 5.91 Å². The summed E-state index contributed by atoms with van der Waals surface area (Å²) in [4.78, 5) is 12.2. The lowest BCUT2D eigenvalue weighted by atomic mass is 10.1. The Bertz CT molecular complexity index is 879. The van der Waals surface area contributed by atoms with Gasteiger partial charge in [-0.1, -0.05) is 30.3 Å². The maximum Gasteiger partial charge on any atom is 0.276 e. The van der Waals surface area contributed by atoms with Crippen LogP contribution in [0.15, 0.2) is 60.7 Å². The van der Waals surface area contributed by atoms with E-state index in [1.54, 1.807) is 24.3 Å². The van der Waals surface area contributed by atoms with Crippen LogP contribution in [0.2, 0.25) is 0 Å². The SMILES string of the molecule is Cc1ccccc1NC(=O)c1ccc(NCCc2ccc(F)cc2)nn1. The molecule has 6 heteroatoms. The van der Waals surface area contributed by atoms with Gasteiger partial charge >= 0.3 is 0 Å². The fourth-order valence-electron chi connectivity index (χ4n) is 2.43. The Balaban J connectivity index is 1.53. The van der Waals surface area contributed by atoms with Gasteiger partial charge in [-0.2, -0.15) is 0 Å². The molecule has 2 aromatic carbocycles. The Morgan fingerprint density at radius 3 is 2.46 bits per heavy atom.